The van der Waals surface area contributed by atoms with Gasteiger partial charge in [0.05, 0.1) is 0 Å². The summed E-state index contributed by atoms with van der Waals surface area (Å²) in [6.45, 7) is 0. The van der Waals surface area contributed by atoms with E-state index in [4.69, 9.17) is 10.9 Å². The summed E-state index contributed by atoms with van der Waals surface area (Å²) in [5.41, 5.74) is 8.21. The first kappa shape index (κ1) is 9.06. The lowest BCUT2D eigenvalue weighted by Gasteiger charge is -2.24. The predicted octanol–water partition coefficient (Wildman–Crippen LogP) is 1.85. The zero-order chi connectivity index (χ0) is 9.97. The molecule has 3 nitrogen and oxygen atoms in total. The lowest BCUT2D eigenvalue weighted by Crippen LogP contribution is -2.25. The molecule has 1 aromatic rings. The van der Waals surface area contributed by atoms with E-state index >= 15 is 0 Å². The number of oxime groups is 1. The van der Waals surface area contributed by atoms with Crippen molar-refractivity contribution < 1.29 is 5.21 Å². The molecule has 3 N–H and O–H groups in total. The van der Waals surface area contributed by atoms with Gasteiger partial charge in [-0.3, -0.25) is 0 Å². The molecule has 0 radical (unpaired) electrons. The minimum Gasteiger partial charge on any atom is -0.409 e. The number of amidine groups is 1. The van der Waals surface area contributed by atoms with Crippen LogP contribution in [0.15, 0.2) is 29.4 Å². The summed E-state index contributed by atoms with van der Waals surface area (Å²) in [6.07, 6.45) is 3.19. The number of rotatable bonds is 1. The van der Waals surface area contributed by atoms with Gasteiger partial charge in [0.25, 0.3) is 0 Å². The van der Waals surface area contributed by atoms with Crippen molar-refractivity contribution in [2.24, 2.45) is 10.9 Å². The number of benzene rings is 1. The van der Waals surface area contributed by atoms with Crippen LogP contribution in [0.3, 0.4) is 0 Å². The summed E-state index contributed by atoms with van der Waals surface area (Å²) in [4.78, 5) is 0. The zero-order valence-corrected chi connectivity index (χ0v) is 7.98. The molecule has 0 spiro atoms. The van der Waals surface area contributed by atoms with Gasteiger partial charge in [0.15, 0.2) is 0 Å². The second kappa shape index (κ2) is 3.70. The first-order chi connectivity index (χ1) is 6.83. The van der Waals surface area contributed by atoms with Gasteiger partial charge in [-0.25, -0.2) is 0 Å². The van der Waals surface area contributed by atoms with E-state index in [0.29, 0.717) is 5.84 Å². The molecule has 1 atom stereocenters. The monoisotopic (exact) mass is 190 g/mol. The molecule has 0 aliphatic heterocycles. The van der Waals surface area contributed by atoms with Gasteiger partial charge in [-0.1, -0.05) is 29.4 Å². The summed E-state index contributed by atoms with van der Waals surface area (Å²) in [5, 5.41) is 11.8. The van der Waals surface area contributed by atoms with Crippen molar-refractivity contribution in [3.8, 4) is 0 Å². The van der Waals surface area contributed by atoms with Crippen molar-refractivity contribution in [3.05, 3.63) is 35.4 Å². The molecule has 0 bridgehead atoms. The second-order valence-electron chi connectivity index (χ2n) is 3.67. The fourth-order valence-corrected chi connectivity index (χ4v) is 2.13. The summed E-state index contributed by atoms with van der Waals surface area (Å²) < 4.78 is 0. The molecule has 0 saturated carbocycles. The predicted molar refractivity (Wildman–Crippen MR) is 55.5 cm³/mol. The molecule has 0 fully saturated rings. The molecule has 1 aromatic carbocycles. The van der Waals surface area contributed by atoms with Gasteiger partial charge in [-0.05, 0) is 30.4 Å². The van der Waals surface area contributed by atoms with Gasteiger partial charge < -0.3 is 10.9 Å². The molecule has 1 aliphatic carbocycles. The Labute approximate surface area is 83.2 Å². The van der Waals surface area contributed by atoms with E-state index in [0.717, 1.165) is 19.3 Å². The Bertz CT molecular complexity index is 360. The first-order valence-electron chi connectivity index (χ1n) is 4.88. The van der Waals surface area contributed by atoms with Crippen LogP contribution in [-0.2, 0) is 6.42 Å². The van der Waals surface area contributed by atoms with Gasteiger partial charge in [0.1, 0.15) is 5.84 Å². The lowest BCUT2D eigenvalue weighted by atomic mass is 9.82. The molecule has 0 aromatic heterocycles. The fraction of sp³-hybridized carbons (Fsp3) is 0.364. The maximum Gasteiger partial charge on any atom is 0.146 e. The highest BCUT2D eigenvalue weighted by molar-refractivity contribution is 5.87. The van der Waals surface area contributed by atoms with Gasteiger partial charge in [0.2, 0.25) is 0 Å². The van der Waals surface area contributed by atoms with E-state index < -0.39 is 0 Å². The van der Waals surface area contributed by atoms with Crippen LogP contribution in [0.2, 0.25) is 0 Å². The van der Waals surface area contributed by atoms with Crippen molar-refractivity contribution in [2.45, 2.75) is 25.2 Å². The van der Waals surface area contributed by atoms with E-state index in [9.17, 15) is 0 Å². The Kier molecular flexibility index (Phi) is 2.39. The molecule has 0 saturated heterocycles. The highest BCUT2D eigenvalue weighted by atomic mass is 16.4. The summed E-state index contributed by atoms with van der Waals surface area (Å²) in [7, 11) is 0. The molecule has 0 amide bonds. The van der Waals surface area contributed by atoms with Crippen LogP contribution in [0.5, 0.6) is 0 Å². The number of hydrogen-bond donors (Lipinski definition) is 2. The summed E-state index contributed by atoms with van der Waals surface area (Å²) >= 11 is 0. The van der Waals surface area contributed by atoms with Crippen LogP contribution in [0, 0.1) is 0 Å². The second-order valence-corrected chi connectivity index (χ2v) is 3.67. The molecule has 2 rings (SSSR count). The Balaban J connectivity index is 2.40. The first-order valence-corrected chi connectivity index (χ1v) is 4.88. The van der Waals surface area contributed by atoms with E-state index in [-0.39, 0.29) is 5.92 Å². The lowest BCUT2D eigenvalue weighted by molar-refractivity contribution is 0.315. The Morgan fingerprint density at radius 2 is 2.21 bits per heavy atom. The minimum absolute atomic E-state index is 0.102. The molecular weight excluding hydrogens is 176 g/mol. The van der Waals surface area contributed by atoms with Crippen molar-refractivity contribution in [2.75, 3.05) is 0 Å². The number of aryl methyl sites for hydroxylation is 1. The largest absolute Gasteiger partial charge is 0.409 e. The topological polar surface area (TPSA) is 58.6 Å². The number of nitrogens with two attached hydrogens (primary N) is 1. The van der Waals surface area contributed by atoms with Gasteiger partial charge >= 0.3 is 0 Å². The van der Waals surface area contributed by atoms with Crippen molar-refractivity contribution in [1.29, 1.82) is 0 Å². The van der Waals surface area contributed by atoms with E-state index in [2.05, 4.69) is 17.3 Å². The molecule has 0 heterocycles. The van der Waals surface area contributed by atoms with Crippen LogP contribution < -0.4 is 5.73 Å². The van der Waals surface area contributed by atoms with E-state index in [1.165, 1.54) is 11.1 Å². The third-order valence-corrected chi connectivity index (χ3v) is 2.84. The Morgan fingerprint density at radius 3 is 3.00 bits per heavy atom. The van der Waals surface area contributed by atoms with Crippen molar-refractivity contribution >= 4 is 5.84 Å². The summed E-state index contributed by atoms with van der Waals surface area (Å²) in [6, 6.07) is 8.22. The highest BCUT2D eigenvalue weighted by Gasteiger charge is 2.22. The zero-order valence-electron chi connectivity index (χ0n) is 7.98. The standard InChI is InChI=1S/C11H14N2O/c12-11(13-14)10-7-3-5-8-4-1-2-6-9(8)10/h1-2,4,6,10,14H,3,5,7H2,(H2,12,13)/t10-/m0/s1. The van der Waals surface area contributed by atoms with Crippen LogP contribution in [0.1, 0.15) is 29.9 Å². The average molecular weight is 190 g/mol. The Hall–Kier alpha value is -1.51. The third kappa shape index (κ3) is 1.45. The number of nitrogens with zero attached hydrogens (tertiary/aromatic N) is 1. The smallest absolute Gasteiger partial charge is 0.146 e. The maximum atomic E-state index is 8.68. The molecule has 74 valence electrons. The van der Waals surface area contributed by atoms with Crippen LogP contribution >= 0.6 is 0 Å². The van der Waals surface area contributed by atoms with Crippen molar-refractivity contribution in [3.63, 3.8) is 0 Å². The normalized spacial score (nSPS) is 21.7. The summed E-state index contributed by atoms with van der Waals surface area (Å²) in [5.74, 6) is 0.433. The number of hydrogen-bond acceptors (Lipinski definition) is 2. The third-order valence-electron chi connectivity index (χ3n) is 2.84. The molecule has 1 aliphatic rings. The van der Waals surface area contributed by atoms with Gasteiger partial charge in [-0.2, -0.15) is 0 Å². The van der Waals surface area contributed by atoms with Gasteiger partial charge in [0, 0.05) is 5.92 Å². The molecule has 14 heavy (non-hydrogen) atoms. The number of fused-ring (bicyclic) bond motifs is 1. The van der Waals surface area contributed by atoms with Gasteiger partial charge in [-0.15, -0.1) is 0 Å². The van der Waals surface area contributed by atoms with E-state index in [1.807, 2.05) is 12.1 Å². The van der Waals surface area contributed by atoms with Crippen LogP contribution in [0.4, 0.5) is 0 Å². The maximum absolute atomic E-state index is 8.68. The average Bonchev–Trinajstić information content (AvgIpc) is 2.27. The quantitative estimate of drug-likeness (QED) is 0.307. The molecule has 3 heteroatoms. The molecule has 0 unspecified atom stereocenters. The highest BCUT2D eigenvalue weighted by Crippen LogP contribution is 2.31. The SMILES string of the molecule is N/C(=N\O)[C@H]1CCCc2ccccc21. The van der Waals surface area contributed by atoms with Crippen LogP contribution in [-0.4, -0.2) is 11.0 Å². The Morgan fingerprint density at radius 1 is 1.43 bits per heavy atom. The minimum atomic E-state index is 0.102. The fourth-order valence-electron chi connectivity index (χ4n) is 2.13. The van der Waals surface area contributed by atoms with Crippen LogP contribution in [0.25, 0.3) is 0 Å². The van der Waals surface area contributed by atoms with Crippen molar-refractivity contribution in [1.82, 2.24) is 0 Å². The molecular formula is C11H14N2O. The van der Waals surface area contributed by atoms with E-state index in [1.54, 1.807) is 0 Å².